The summed E-state index contributed by atoms with van der Waals surface area (Å²) < 4.78 is 25.4. The molecule has 1 aromatic heterocycles. The van der Waals surface area contributed by atoms with Gasteiger partial charge in [-0.2, -0.15) is 0 Å². The third-order valence-electron chi connectivity index (χ3n) is 6.63. The lowest BCUT2D eigenvalue weighted by molar-refractivity contribution is -0.136. The Morgan fingerprint density at radius 1 is 0.854 bits per heavy atom. The van der Waals surface area contributed by atoms with Gasteiger partial charge in [-0.05, 0) is 72.1 Å². The highest BCUT2D eigenvalue weighted by atomic mass is 16.5. The SMILES string of the molecule is COc1ccc(COc2cc(OCc3nc4ccc(Oc5ccc(N)cc5)cc4n3C)ccc2CCC(=O)O)cc1. The molecule has 3 N–H and O–H groups in total. The summed E-state index contributed by atoms with van der Waals surface area (Å²) in [6.45, 7) is 0.546. The van der Waals surface area contributed by atoms with Crippen LogP contribution in [0.25, 0.3) is 11.0 Å². The van der Waals surface area contributed by atoms with E-state index in [1.165, 1.54) is 0 Å². The number of imidazole rings is 1. The number of rotatable bonds is 12. The normalized spacial score (nSPS) is 10.9. The molecule has 1 heterocycles. The van der Waals surface area contributed by atoms with Crippen LogP contribution in [0.3, 0.4) is 0 Å². The van der Waals surface area contributed by atoms with Crippen molar-refractivity contribution in [3.05, 3.63) is 102 Å². The molecule has 0 amide bonds. The molecule has 210 valence electrons. The molecule has 9 nitrogen and oxygen atoms in total. The summed E-state index contributed by atoms with van der Waals surface area (Å²) >= 11 is 0. The number of nitrogens with two attached hydrogens (primary N) is 1. The summed E-state index contributed by atoms with van der Waals surface area (Å²) in [4.78, 5) is 15.9. The van der Waals surface area contributed by atoms with Gasteiger partial charge in [0.1, 0.15) is 47.8 Å². The summed E-state index contributed by atoms with van der Waals surface area (Å²) in [7, 11) is 3.55. The standard InChI is InChI=1S/C32H31N3O6/c1-35-29-17-27(41-25-12-7-23(33)8-13-25)14-15-28(29)34-31(35)20-39-26-11-5-22(6-16-32(36)37)30(18-26)40-19-21-3-9-24(38-2)10-4-21/h3-5,7-15,17-18H,6,16,19-20,33H2,1-2H3,(H,36,37). The Hall–Kier alpha value is -5.18. The van der Waals surface area contributed by atoms with Crippen molar-refractivity contribution in [1.29, 1.82) is 0 Å². The van der Waals surface area contributed by atoms with E-state index in [1.807, 2.05) is 78.3 Å². The number of hydrogen-bond donors (Lipinski definition) is 2. The quantitative estimate of drug-likeness (QED) is 0.177. The van der Waals surface area contributed by atoms with Crippen molar-refractivity contribution in [2.45, 2.75) is 26.1 Å². The number of methoxy groups -OCH3 is 1. The molecule has 0 aliphatic carbocycles. The van der Waals surface area contributed by atoms with Gasteiger partial charge >= 0.3 is 5.97 Å². The number of nitrogen functional groups attached to an aromatic ring is 1. The molecule has 5 aromatic rings. The molecule has 5 rings (SSSR count). The summed E-state index contributed by atoms with van der Waals surface area (Å²) in [5.41, 5.74) is 9.92. The molecular weight excluding hydrogens is 522 g/mol. The Labute approximate surface area is 237 Å². The van der Waals surface area contributed by atoms with E-state index >= 15 is 0 Å². The number of carbonyl (C=O) groups is 1. The van der Waals surface area contributed by atoms with Crippen LogP contribution in [0, 0.1) is 0 Å². The van der Waals surface area contributed by atoms with Crippen molar-refractivity contribution in [2.24, 2.45) is 7.05 Å². The average Bonchev–Trinajstić information content (AvgIpc) is 3.30. The lowest BCUT2D eigenvalue weighted by Crippen LogP contribution is -2.05. The first-order chi connectivity index (χ1) is 19.9. The van der Waals surface area contributed by atoms with Gasteiger partial charge in [0.2, 0.25) is 0 Å². The summed E-state index contributed by atoms with van der Waals surface area (Å²) in [6, 6.07) is 26.0. The van der Waals surface area contributed by atoms with Crippen molar-refractivity contribution in [3.63, 3.8) is 0 Å². The molecule has 0 aliphatic heterocycles. The molecule has 41 heavy (non-hydrogen) atoms. The number of hydrogen-bond acceptors (Lipinski definition) is 7. The fourth-order valence-electron chi connectivity index (χ4n) is 4.32. The van der Waals surface area contributed by atoms with E-state index in [0.717, 1.165) is 33.7 Å². The molecule has 0 atom stereocenters. The Bertz CT molecular complexity index is 1650. The topological polar surface area (TPSA) is 118 Å². The van der Waals surface area contributed by atoms with Crippen LogP contribution in [0.1, 0.15) is 23.4 Å². The van der Waals surface area contributed by atoms with Crippen LogP contribution in [0.4, 0.5) is 5.69 Å². The number of aryl methyl sites for hydroxylation is 2. The van der Waals surface area contributed by atoms with Crippen molar-refractivity contribution >= 4 is 22.7 Å². The van der Waals surface area contributed by atoms with Crippen LogP contribution >= 0.6 is 0 Å². The zero-order valence-electron chi connectivity index (χ0n) is 22.9. The maximum atomic E-state index is 11.2. The van der Waals surface area contributed by atoms with Crippen molar-refractivity contribution in [1.82, 2.24) is 9.55 Å². The summed E-state index contributed by atoms with van der Waals surface area (Å²) in [5.74, 6) is 3.19. The van der Waals surface area contributed by atoms with E-state index < -0.39 is 5.97 Å². The number of aromatic nitrogens is 2. The number of aliphatic carboxylic acids is 1. The first-order valence-electron chi connectivity index (χ1n) is 13.1. The lowest BCUT2D eigenvalue weighted by Gasteiger charge is -2.14. The third-order valence-corrected chi connectivity index (χ3v) is 6.63. The largest absolute Gasteiger partial charge is 0.497 e. The van der Waals surface area contributed by atoms with E-state index in [-0.39, 0.29) is 13.0 Å². The van der Waals surface area contributed by atoms with Gasteiger partial charge in [0.05, 0.1) is 18.1 Å². The Morgan fingerprint density at radius 3 is 2.29 bits per heavy atom. The minimum Gasteiger partial charge on any atom is -0.497 e. The predicted molar refractivity (Wildman–Crippen MR) is 156 cm³/mol. The fourth-order valence-corrected chi connectivity index (χ4v) is 4.32. The van der Waals surface area contributed by atoms with Gasteiger partial charge in [-0.3, -0.25) is 4.79 Å². The van der Waals surface area contributed by atoms with Crippen molar-refractivity contribution in [2.75, 3.05) is 12.8 Å². The van der Waals surface area contributed by atoms with E-state index in [4.69, 9.17) is 29.7 Å². The molecule has 4 aromatic carbocycles. The fraction of sp³-hybridized carbons (Fsp3) is 0.188. The van der Waals surface area contributed by atoms with Gasteiger partial charge < -0.3 is 34.4 Å². The van der Waals surface area contributed by atoms with Crippen LogP contribution in [-0.2, 0) is 31.5 Å². The number of fused-ring (bicyclic) bond motifs is 1. The number of benzene rings is 4. The van der Waals surface area contributed by atoms with Crippen molar-refractivity contribution in [3.8, 4) is 28.7 Å². The van der Waals surface area contributed by atoms with E-state index in [1.54, 1.807) is 25.3 Å². The number of nitrogens with zero attached hydrogens (tertiary/aromatic N) is 2. The molecule has 0 radical (unpaired) electrons. The molecule has 9 heteroatoms. The van der Waals surface area contributed by atoms with Gasteiger partial charge in [-0.15, -0.1) is 0 Å². The molecule has 0 spiro atoms. The highest BCUT2D eigenvalue weighted by molar-refractivity contribution is 5.78. The summed E-state index contributed by atoms with van der Waals surface area (Å²) in [6.07, 6.45) is 0.349. The number of carboxylic acids is 1. The molecule has 0 bridgehead atoms. The Kier molecular flexibility index (Phi) is 8.24. The van der Waals surface area contributed by atoms with Gasteiger partial charge in [-0.25, -0.2) is 4.98 Å². The number of ether oxygens (including phenoxy) is 4. The minimum atomic E-state index is -0.865. The zero-order valence-corrected chi connectivity index (χ0v) is 22.9. The second-order valence-corrected chi connectivity index (χ2v) is 9.50. The van der Waals surface area contributed by atoms with Gasteiger partial charge in [0.15, 0.2) is 0 Å². The second kappa shape index (κ2) is 12.3. The van der Waals surface area contributed by atoms with Crippen LogP contribution in [0.2, 0.25) is 0 Å². The average molecular weight is 554 g/mol. The molecule has 0 aliphatic rings. The Balaban J connectivity index is 1.30. The number of anilines is 1. The Morgan fingerprint density at radius 2 is 1.56 bits per heavy atom. The van der Waals surface area contributed by atoms with Crippen LogP contribution in [0.5, 0.6) is 28.7 Å². The first kappa shape index (κ1) is 27.4. The molecule has 0 fully saturated rings. The van der Waals surface area contributed by atoms with Crippen molar-refractivity contribution < 1.29 is 28.8 Å². The number of carboxylic acid groups (broad SMARTS) is 1. The van der Waals surface area contributed by atoms with Crippen LogP contribution < -0.4 is 24.7 Å². The highest BCUT2D eigenvalue weighted by Crippen LogP contribution is 2.29. The maximum absolute atomic E-state index is 11.2. The molecular formula is C32H31N3O6. The lowest BCUT2D eigenvalue weighted by atomic mass is 10.1. The van der Waals surface area contributed by atoms with Gasteiger partial charge in [0.25, 0.3) is 0 Å². The highest BCUT2D eigenvalue weighted by Gasteiger charge is 2.13. The smallest absolute Gasteiger partial charge is 0.303 e. The third kappa shape index (κ3) is 6.88. The first-order valence-corrected chi connectivity index (χ1v) is 13.1. The van der Waals surface area contributed by atoms with E-state index in [9.17, 15) is 9.90 Å². The zero-order chi connectivity index (χ0) is 28.8. The summed E-state index contributed by atoms with van der Waals surface area (Å²) in [5, 5.41) is 9.18. The molecule has 0 saturated heterocycles. The van der Waals surface area contributed by atoms with E-state index in [0.29, 0.717) is 41.7 Å². The van der Waals surface area contributed by atoms with Crippen LogP contribution in [0.15, 0.2) is 84.9 Å². The maximum Gasteiger partial charge on any atom is 0.303 e. The molecule has 0 unspecified atom stereocenters. The van der Waals surface area contributed by atoms with Crippen LogP contribution in [-0.4, -0.2) is 27.7 Å². The predicted octanol–water partition coefficient (Wildman–Crippen LogP) is 6.13. The van der Waals surface area contributed by atoms with Gasteiger partial charge in [-0.1, -0.05) is 18.2 Å². The van der Waals surface area contributed by atoms with E-state index in [2.05, 4.69) is 0 Å². The minimum absolute atomic E-state index is 0.00297. The molecule has 0 saturated carbocycles. The second-order valence-electron chi connectivity index (χ2n) is 9.50. The van der Waals surface area contributed by atoms with Gasteiger partial charge in [0, 0.05) is 31.3 Å². The monoisotopic (exact) mass is 553 g/mol.